The van der Waals surface area contributed by atoms with Gasteiger partial charge in [0, 0.05) is 31.2 Å². The monoisotopic (exact) mass is 674 g/mol. The zero-order chi connectivity index (χ0) is 32.1. The molecular weight excluding hydrogens is 642 g/mol. The van der Waals surface area contributed by atoms with Crippen LogP contribution in [-0.4, -0.2) is 71.1 Å². The molecule has 1 unspecified atom stereocenters. The number of carbonyl (C=O) groups excluding carboxylic acids is 2. The summed E-state index contributed by atoms with van der Waals surface area (Å²) < 4.78 is 47.1. The van der Waals surface area contributed by atoms with Gasteiger partial charge < -0.3 is 33.2 Å². The predicted octanol–water partition coefficient (Wildman–Crippen LogP) is 2.82. The number of esters is 2. The third-order valence-corrected chi connectivity index (χ3v) is 10.0. The van der Waals surface area contributed by atoms with Crippen LogP contribution in [0.4, 0.5) is 0 Å². The van der Waals surface area contributed by atoms with Gasteiger partial charge in [-0.15, -0.1) is 0 Å². The molecule has 5 atom stereocenters. The molecule has 16 nitrogen and oxygen atoms in total. The van der Waals surface area contributed by atoms with Crippen molar-refractivity contribution >= 4 is 49.1 Å². The highest BCUT2D eigenvalue weighted by atomic mass is 32.7. The minimum absolute atomic E-state index is 0.000959. The van der Waals surface area contributed by atoms with Crippen molar-refractivity contribution in [2.75, 3.05) is 13.2 Å². The first-order chi connectivity index (χ1) is 20.7. The van der Waals surface area contributed by atoms with Crippen molar-refractivity contribution in [3.8, 4) is 0 Å². The molecule has 44 heavy (non-hydrogen) atoms. The van der Waals surface area contributed by atoms with E-state index >= 15 is 0 Å². The number of phosphoric ester groups is 1. The Balaban J connectivity index is 1.45. The molecule has 240 valence electrons. The van der Waals surface area contributed by atoms with Crippen LogP contribution in [0.2, 0.25) is 0 Å². The number of unbranched alkanes of at least 4 members (excludes halogenated alkanes) is 1. The molecule has 3 aromatic rings. The number of nitrogens with zero attached hydrogens (tertiary/aromatic N) is 4. The molecule has 0 spiro atoms. The molecular formula is C25H32N4O12P2S. The summed E-state index contributed by atoms with van der Waals surface area (Å²) in [6, 6.07) is 7.83. The van der Waals surface area contributed by atoms with Gasteiger partial charge >= 0.3 is 26.6 Å². The number of hydrogen-bond donors (Lipinski definition) is 3. The predicted molar refractivity (Wildman–Crippen MR) is 155 cm³/mol. The fraction of sp³-hybridized carbons (Fsp3) is 0.480. The lowest BCUT2D eigenvalue weighted by molar-refractivity contribution is -0.167. The third kappa shape index (κ3) is 9.08. The van der Waals surface area contributed by atoms with E-state index in [9.17, 15) is 38.2 Å². The first-order valence-electron chi connectivity index (χ1n) is 13.4. The molecule has 2 heterocycles. The van der Waals surface area contributed by atoms with Gasteiger partial charge in [-0.05, 0) is 42.8 Å². The van der Waals surface area contributed by atoms with E-state index in [0.29, 0.717) is 24.3 Å². The summed E-state index contributed by atoms with van der Waals surface area (Å²) in [5, 5.41) is 0. The fourth-order valence-corrected chi connectivity index (χ4v) is 7.83. The maximum absolute atomic E-state index is 13.5. The molecule has 1 saturated carbocycles. The number of phosphoric acid groups is 1. The molecule has 0 radical (unpaired) electrons. The number of aryl methyl sites for hydroxylation is 1. The van der Waals surface area contributed by atoms with Gasteiger partial charge in [-0.3, -0.25) is 23.5 Å². The van der Waals surface area contributed by atoms with Gasteiger partial charge in [-0.25, -0.2) is 19.1 Å². The number of fused-ring (bicyclic) bond motifs is 1. The van der Waals surface area contributed by atoms with Crippen LogP contribution in [0.25, 0.3) is 11.2 Å². The Bertz CT molecular complexity index is 1630. The molecule has 19 heteroatoms. The SMILES string of the molecule is CC(=O)O[C@@H]1[C@@H](COP(=O)(O)O)C[C@@H](n2cnc3c(ncn3CCCCOP(=O)(O)Sc3ccccc3)c2=O)[C@@H]1OC(C)=O. The maximum Gasteiger partial charge on any atom is 0.469 e. The van der Waals surface area contributed by atoms with Crippen LogP contribution in [0.15, 0.2) is 52.7 Å². The standard InChI is InChI=1S/C25H32N4O12P2S/c1-16(30)40-22-18(13-39-42(33,34)35)12-20(23(22)41-17(2)31)29-15-27-24-21(25(29)32)26-14-28(24)10-6-7-11-38-43(36,37)44-19-8-4-3-5-9-19/h3-5,8-9,14-15,18,20,22-23H,6-7,10-13H2,1-2H3,(H,36,37)(H2,33,34,35)/t18-,20-,22-,23+/m1/s1. The van der Waals surface area contributed by atoms with Crippen LogP contribution >= 0.6 is 26.0 Å². The quantitative estimate of drug-likeness (QED) is 0.127. The fourth-order valence-electron chi connectivity index (χ4n) is 4.94. The minimum Gasteiger partial charge on any atom is -0.458 e. The largest absolute Gasteiger partial charge is 0.469 e. The second-order valence-corrected chi connectivity index (χ2v) is 15.0. The Hall–Kier alpha value is -2.88. The maximum atomic E-state index is 13.5. The molecule has 1 aliphatic rings. The van der Waals surface area contributed by atoms with Crippen molar-refractivity contribution in [1.29, 1.82) is 0 Å². The van der Waals surface area contributed by atoms with Gasteiger partial charge in [0.1, 0.15) is 12.4 Å². The van der Waals surface area contributed by atoms with E-state index in [1.54, 1.807) is 34.9 Å². The summed E-state index contributed by atoms with van der Waals surface area (Å²) in [7, 11) is -4.87. The van der Waals surface area contributed by atoms with Crippen LogP contribution in [0.3, 0.4) is 0 Å². The minimum atomic E-state index is -4.87. The van der Waals surface area contributed by atoms with Gasteiger partial charge in [-0.1, -0.05) is 18.2 Å². The first-order valence-corrected chi connectivity index (χ1v) is 18.0. The molecule has 1 aromatic carbocycles. The summed E-state index contributed by atoms with van der Waals surface area (Å²) in [6.45, 7) is -1.73. The van der Waals surface area contributed by atoms with Crippen LogP contribution in [0, 0.1) is 5.92 Å². The lowest BCUT2D eigenvalue weighted by Crippen LogP contribution is -2.40. The van der Waals surface area contributed by atoms with Gasteiger partial charge in [0.2, 0.25) is 0 Å². The van der Waals surface area contributed by atoms with E-state index in [0.717, 1.165) is 25.2 Å². The van der Waals surface area contributed by atoms with Crippen molar-refractivity contribution in [2.45, 2.75) is 62.8 Å². The zero-order valence-electron chi connectivity index (χ0n) is 23.7. The van der Waals surface area contributed by atoms with Crippen molar-refractivity contribution in [1.82, 2.24) is 19.1 Å². The molecule has 0 saturated heterocycles. The van der Waals surface area contributed by atoms with Crippen molar-refractivity contribution in [3.05, 3.63) is 53.3 Å². The molecule has 1 aliphatic carbocycles. The summed E-state index contributed by atoms with van der Waals surface area (Å²) in [4.78, 5) is 74.9. The second kappa shape index (κ2) is 14.5. The van der Waals surface area contributed by atoms with Gasteiger partial charge in [0.05, 0.1) is 25.6 Å². The Labute approximate surface area is 255 Å². The molecule has 3 N–H and O–H groups in total. The zero-order valence-corrected chi connectivity index (χ0v) is 26.3. The summed E-state index contributed by atoms with van der Waals surface area (Å²) >= 11 is 0.759. The number of imidazole rings is 1. The first kappa shape index (κ1) is 34.0. The van der Waals surface area contributed by atoms with Crippen molar-refractivity contribution < 1.29 is 51.9 Å². The van der Waals surface area contributed by atoms with Gasteiger partial charge in [0.25, 0.3) is 5.56 Å². The smallest absolute Gasteiger partial charge is 0.458 e. The normalized spacial score (nSPS) is 21.7. The lowest BCUT2D eigenvalue weighted by atomic mass is 10.1. The molecule has 0 bridgehead atoms. The molecule has 4 rings (SSSR count). The van der Waals surface area contributed by atoms with E-state index in [-0.39, 0.29) is 24.2 Å². The number of hydrogen-bond acceptors (Lipinski definition) is 12. The average Bonchev–Trinajstić information content (AvgIpc) is 3.48. The number of ether oxygens (including phenoxy) is 2. The average molecular weight is 675 g/mol. The summed E-state index contributed by atoms with van der Waals surface area (Å²) in [6.07, 6.45) is 1.31. The van der Waals surface area contributed by atoms with E-state index < -0.39 is 62.9 Å². The van der Waals surface area contributed by atoms with Crippen LogP contribution < -0.4 is 5.56 Å². The third-order valence-electron chi connectivity index (χ3n) is 6.69. The second-order valence-electron chi connectivity index (χ2n) is 9.98. The van der Waals surface area contributed by atoms with Crippen LogP contribution in [0.1, 0.15) is 39.2 Å². The highest BCUT2D eigenvalue weighted by Gasteiger charge is 2.49. The number of rotatable bonds is 14. The summed E-state index contributed by atoms with van der Waals surface area (Å²) in [5.41, 5.74) is -0.278. The van der Waals surface area contributed by atoms with Crippen LogP contribution in [-0.2, 0) is 43.8 Å². The van der Waals surface area contributed by atoms with E-state index in [1.165, 1.54) is 17.2 Å². The summed E-state index contributed by atoms with van der Waals surface area (Å²) in [5.74, 6) is -2.28. The van der Waals surface area contributed by atoms with Crippen molar-refractivity contribution in [2.24, 2.45) is 5.92 Å². The van der Waals surface area contributed by atoms with Gasteiger partial charge in [0.15, 0.2) is 17.3 Å². The molecule has 2 aromatic heterocycles. The Morgan fingerprint density at radius 3 is 2.32 bits per heavy atom. The highest BCUT2D eigenvalue weighted by molar-refractivity contribution is 8.54. The van der Waals surface area contributed by atoms with E-state index in [1.807, 2.05) is 0 Å². The Morgan fingerprint density at radius 2 is 1.66 bits per heavy atom. The number of aromatic nitrogens is 4. The van der Waals surface area contributed by atoms with Gasteiger partial charge in [-0.2, -0.15) is 0 Å². The Morgan fingerprint density at radius 1 is 0.977 bits per heavy atom. The number of benzene rings is 1. The van der Waals surface area contributed by atoms with E-state index in [2.05, 4.69) is 14.5 Å². The molecule has 0 aliphatic heterocycles. The van der Waals surface area contributed by atoms with Crippen molar-refractivity contribution in [3.63, 3.8) is 0 Å². The molecule has 0 amide bonds. The number of carbonyl (C=O) groups is 2. The lowest BCUT2D eigenvalue weighted by Gasteiger charge is -2.26. The highest BCUT2D eigenvalue weighted by Crippen LogP contribution is 2.59. The van der Waals surface area contributed by atoms with Crippen LogP contribution in [0.5, 0.6) is 0 Å². The van der Waals surface area contributed by atoms with E-state index in [4.69, 9.17) is 14.0 Å². The molecule has 1 fully saturated rings. The topological polar surface area (TPSA) is 219 Å². The Kier molecular flexibility index (Phi) is 11.2.